The molecule has 82 heavy (non-hydrogen) atoms. The number of carbonyl (C=O) groups is 3. The SMILES string of the molecule is CC/C=C\C/C=C\C/C=C\C/C=C\CCCCCCCCCCC(=O)OC(COC(=O)CCCCCCCCC/C=C\CCCCCCCC)COC(=O)CCCCCCCCCCCCCCCCCCCCCCCCCCCC. The largest absolute Gasteiger partial charge is 0.462 e. The van der Waals surface area contributed by atoms with E-state index in [2.05, 4.69) is 81.5 Å². The van der Waals surface area contributed by atoms with Crippen molar-refractivity contribution in [3.8, 4) is 0 Å². The molecule has 6 nitrogen and oxygen atoms in total. The lowest BCUT2D eigenvalue weighted by Crippen LogP contribution is -2.30. The van der Waals surface area contributed by atoms with Crippen molar-refractivity contribution in [3.63, 3.8) is 0 Å². The van der Waals surface area contributed by atoms with E-state index in [-0.39, 0.29) is 31.1 Å². The third-order valence-electron chi connectivity index (χ3n) is 16.3. The molecule has 0 saturated heterocycles. The van der Waals surface area contributed by atoms with Crippen LogP contribution in [0.2, 0.25) is 0 Å². The summed E-state index contributed by atoms with van der Waals surface area (Å²) in [5, 5.41) is 0. The summed E-state index contributed by atoms with van der Waals surface area (Å²) in [5.74, 6) is -0.862. The Morgan fingerprint density at radius 1 is 0.256 bits per heavy atom. The molecule has 6 heteroatoms. The van der Waals surface area contributed by atoms with Gasteiger partial charge in [0.15, 0.2) is 6.10 Å². The highest BCUT2D eigenvalue weighted by Gasteiger charge is 2.19. The molecule has 0 aromatic carbocycles. The average Bonchev–Trinajstić information content (AvgIpc) is 3.47. The molecule has 478 valence electrons. The van der Waals surface area contributed by atoms with Crippen LogP contribution in [0.5, 0.6) is 0 Å². The van der Waals surface area contributed by atoms with Crippen LogP contribution in [0, 0.1) is 0 Å². The van der Waals surface area contributed by atoms with Crippen molar-refractivity contribution in [2.45, 2.75) is 393 Å². The molecule has 0 rings (SSSR count). The fraction of sp³-hybridized carbons (Fsp3) is 0.829. The van der Waals surface area contributed by atoms with Gasteiger partial charge in [-0.05, 0) is 83.5 Å². The third-order valence-corrected chi connectivity index (χ3v) is 16.3. The number of rotatable bonds is 67. The van der Waals surface area contributed by atoms with Crippen LogP contribution in [-0.2, 0) is 28.6 Å². The molecule has 0 N–H and O–H groups in total. The first-order chi connectivity index (χ1) is 40.5. The minimum Gasteiger partial charge on any atom is -0.462 e. The molecule has 0 amide bonds. The van der Waals surface area contributed by atoms with Crippen molar-refractivity contribution in [3.05, 3.63) is 60.8 Å². The molecular weight excluding hydrogens is 1010 g/mol. The van der Waals surface area contributed by atoms with Gasteiger partial charge in [-0.15, -0.1) is 0 Å². The van der Waals surface area contributed by atoms with Crippen LogP contribution in [0.1, 0.15) is 387 Å². The maximum absolute atomic E-state index is 13.0. The van der Waals surface area contributed by atoms with Gasteiger partial charge in [-0.2, -0.15) is 0 Å². The van der Waals surface area contributed by atoms with Crippen molar-refractivity contribution >= 4 is 17.9 Å². The Kier molecular flexibility index (Phi) is 68.1. The molecule has 0 aromatic heterocycles. The van der Waals surface area contributed by atoms with E-state index in [0.717, 1.165) is 89.9 Å². The summed E-state index contributed by atoms with van der Waals surface area (Å²) in [6.45, 7) is 6.58. The second kappa shape index (κ2) is 70.6. The predicted molar refractivity (Wildman–Crippen MR) is 358 cm³/mol. The zero-order valence-corrected chi connectivity index (χ0v) is 55.0. The normalized spacial score (nSPS) is 12.4. The Labute approximate surface area is 510 Å². The Morgan fingerprint density at radius 3 is 0.756 bits per heavy atom. The molecule has 0 aliphatic heterocycles. The quantitative estimate of drug-likeness (QED) is 0.0261. The number of allylic oxidation sites excluding steroid dienone is 10. The van der Waals surface area contributed by atoms with Gasteiger partial charge in [0.1, 0.15) is 13.2 Å². The van der Waals surface area contributed by atoms with Gasteiger partial charge in [0, 0.05) is 19.3 Å². The predicted octanol–water partition coefficient (Wildman–Crippen LogP) is 25.1. The summed E-state index contributed by atoms with van der Waals surface area (Å²) in [7, 11) is 0. The van der Waals surface area contributed by atoms with Gasteiger partial charge >= 0.3 is 17.9 Å². The van der Waals surface area contributed by atoms with Crippen molar-refractivity contribution in [2.75, 3.05) is 13.2 Å². The summed E-state index contributed by atoms with van der Waals surface area (Å²) < 4.78 is 17.0. The first-order valence-electron chi connectivity index (χ1n) is 36.3. The number of ether oxygens (including phenoxy) is 3. The van der Waals surface area contributed by atoms with Crippen molar-refractivity contribution < 1.29 is 28.6 Å². The van der Waals surface area contributed by atoms with Crippen molar-refractivity contribution in [1.82, 2.24) is 0 Å². The number of esters is 3. The van der Waals surface area contributed by atoms with Gasteiger partial charge < -0.3 is 14.2 Å². The minimum absolute atomic E-state index is 0.0749. The molecule has 1 atom stereocenters. The molecule has 0 bridgehead atoms. The molecule has 0 heterocycles. The highest BCUT2D eigenvalue weighted by Crippen LogP contribution is 2.18. The summed E-state index contributed by atoms with van der Waals surface area (Å²) in [6.07, 6.45) is 91.1. The molecule has 0 saturated carbocycles. The zero-order chi connectivity index (χ0) is 59.2. The van der Waals surface area contributed by atoms with Gasteiger partial charge in [0.25, 0.3) is 0 Å². The second-order valence-corrected chi connectivity index (χ2v) is 24.5. The van der Waals surface area contributed by atoms with Crippen LogP contribution in [0.4, 0.5) is 0 Å². The maximum atomic E-state index is 13.0. The molecule has 0 radical (unpaired) electrons. The van der Waals surface area contributed by atoms with E-state index in [1.165, 1.54) is 257 Å². The maximum Gasteiger partial charge on any atom is 0.306 e. The third kappa shape index (κ3) is 67.9. The zero-order valence-electron chi connectivity index (χ0n) is 55.0. The summed E-state index contributed by atoms with van der Waals surface area (Å²) >= 11 is 0. The van der Waals surface area contributed by atoms with Crippen LogP contribution >= 0.6 is 0 Å². The van der Waals surface area contributed by atoms with Crippen LogP contribution in [0.25, 0.3) is 0 Å². The van der Waals surface area contributed by atoms with Crippen LogP contribution in [-0.4, -0.2) is 37.2 Å². The summed E-state index contributed by atoms with van der Waals surface area (Å²) in [5.41, 5.74) is 0. The van der Waals surface area contributed by atoms with Gasteiger partial charge in [-0.3, -0.25) is 14.4 Å². The Bertz CT molecular complexity index is 1460. The molecule has 0 spiro atoms. The highest BCUT2D eigenvalue weighted by molar-refractivity contribution is 5.71. The standard InChI is InChI=1S/C76H138O6/c1-4-7-10-13-16-19-22-25-28-31-33-35-36-37-38-39-41-42-45-48-51-54-57-60-63-66-69-75(78)81-72-73(71-80-74(77)68-65-62-59-56-53-50-47-44-30-27-24-21-18-15-12-9-6-3)82-76(79)70-67-64-61-58-55-52-49-46-43-40-34-32-29-26-23-20-17-14-11-8-5-2/h8,11,17,20,26-27,29-30,34,40,73H,4-7,9-10,12-16,18-19,21-25,28,31-33,35-39,41-72H2,1-3H3/b11-8-,20-17-,29-26-,30-27-,40-34-. The van der Waals surface area contributed by atoms with Gasteiger partial charge in [0.2, 0.25) is 0 Å². The van der Waals surface area contributed by atoms with E-state index in [1.807, 2.05) is 0 Å². The van der Waals surface area contributed by atoms with E-state index >= 15 is 0 Å². The molecule has 0 aliphatic rings. The minimum atomic E-state index is -0.781. The van der Waals surface area contributed by atoms with E-state index in [4.69, 9.17) is 14.2 Å². The molecule has 0 aliphatic carbocycles. The topological polar surface area (TPSA) is 78.9 Å². The molecule has 0 aromatic rings. The fourth-order valence-electron chi connectivity index (χ4n) is 10.8. The summed E-state index contributed by atoms with van der Waals surface area (Å²) in [6, 6.07) is 0. The fourth-order valence-corrected chi connectivity index (χ4v) is 10.8. The van der Waals surface area contributed by atoms with Gasteiger partial charge in [0.05, 0.1) is 0 Å². The first-order valence-corrected chi connectivity index (χ1v) is 36.3. The lowest BCUT2D eigenvalue weighted by atomic mass is 10.0. The van der Waals surface area contributed by atoms with E-state index < -0.39 is 6.10 Å². The van der Waals surface area contributed by atoms with Gasteiger partial charge in [-0.25, -0.2) is 0 Å². The Balaban J connectivity index is 4.30. The molecule has 0 fully saturated rings. The lowest BCUT2D eigenvalue weighted by Gasteiger charge is -2.18. The number of hydrogen-bond donors (Lipinski definition) is 0. The first kappa shape index (κ1) is 79.1. The van der Waals surface area contributed by atoms with Crippen molar-refractivity contribution in [2.24, 2.45) is 0 Å². The Morgan fingerprint density at radius 2 is 0.476 bits per heavy atom. The molecule has 1 unspecified atom stereocenters. The highest BCUT2D eigenvalue weighted by atomic mass is 16.6. The van der Waals surface area contributed by atoms with Crippen molar-refractivity contribution in [1.29, 1.82) is 0 Å². The Hall–Kier alpha value is -2.89. The summed E-state index contributed by atoms with van der Waals surface area (Å²) in [4.78, 5) is 38.5. The smallest absolute Gasteiger partial charge is 0.306 e. The van der Waals surface area contributed by atoms with Crippen LogP contribution in [0.15, 0.2) is 60.8 Å². The van der Waals surface area contributed by atoms with Gasteiger partial charge in [-0.1, -0.05) is 345 Å². The van der Waals surface area contributed by atoms with E-state index in [0.29, 0.717) is 19.3 Å². The number of carbonyl (C=O) groups excluding carboxylic acids is 3. The monoisotopic (exact) mass is 1150 g/mol. The van der Waals surface area contributed by atoms with Crippen LogP contribution in [0.3, 0.4) is 0 Å². The average molecular weight is 1150 g/mol. The lowest BCUT2D eigenvalue weighted by molar-refractivity contribution is -0.167. The van der Waals surface area contributed by atoms with Crippen LogP contribution < -0.4 is 0 Å². The second-order valence-electron chi connectivity index (χ2n) is 24.5. The molecular formula is C76H138O6. The number of unbranched alkanes of at least 4 members (excludes halogenated alkanes) is 46. The number of hydrogen-bond acceptors (Lipinski definition) is 6. The van der Waals surface area contributed by atoms with E-state index in [9.17, 15) is 14.4 Å². The van der Waals surface area contributed by atoms with E-state index in [1.54, 1.807) is 0 Å².